The van der Waals surface area contributed by atoms with Gasteiger partial charge in [-0.05, 0) is 30.5 Å². The Morgan fingerprint density at radius 1 is 1.40 bits per heavy atom. The summed E-state index contributed by atoms with van der Waals surface area (Å²) in [6.45, 7) is 0.783. The zero-order valence-corrected chi connectivity index (χ0v) is 11.4. The van der Waals surface area contributed by atoms with Crippen LogP contribution in [0.3, 0.4) is 0 Å². The molecule has 2 heterocycles. The van der Waals surface area contributed by atoms with Crippen molar-refractivity contribution in [3.05, 3.63) is 41.5 Å². The van der Waals surface area contributed by atoms with Gasteiger partial charge in [0, 0.05) is 6.61 Å². The van der Waals surface area contributed by atoms with Crippen molar-refractivity contribution in [1.82, 2.24) is 15.2 Å². The van der Waals surface area contributed by atoms with Crippen LogP contribution >= 0.6 is 0 Å². The number of hydrogen-bond acceptors (Lipinski definition) is 5. The van der Waals surface area contributed by atoms with E-state index in [2.05, 4.69) is 15.2 Å². The van der Waals surface area contributed by atoms with Gasteiger partial charge in [0.25, 0.3) is 0 Å². The molecular formula is C14H18N4O2. The van der Waals surface area contributed by atoms with Gasteiger partial charge in [-0.15, -0.1) is 0 Å². The fraction of sp³-hybridized carbons (Fsp3) is 0.429. The summed E-state index contributed by atoms with van der Waals surface area (Å²) in [6, 6.07) is 7.25. The van der Waals surface area contributed by atoms with Gasteiger partial charge in [0.1, 0.15) is 11.9 Å². The van der Waals surface area contributed by atoms with E-state index >= 15 is 0 Å². The molecule has 106 valence electrons. The van der Waals surface area contributed by atoms with Crippen molar-refractivity contribution in [2.45, 2.75) is 25.0 Å². The maximum atomic E-state index is 6.19. The number of hydrogen-bond donors (Lipinski definition) is 2. The lowest BCUT2D eigenvalue weighted by Gasteiger charge is -2.09. The highest BCUT2D eigenvalue weighted by Gasteiger charge is 2.23. The van der Waals surface area contributed by atoms with Crippen molar-refractivity contribution in [3.8, 4) is 5.75 Å². The van der Waals surface area contributed by atoms with Gasteiger partial charge in [-0.25, -0.2) is 4.98 Å². The van der Waals surface area contributed by atoms with Crippen LogP contribution in [-0.4, -0.2) is 28.9 Å². The van der Waals surface area contributed by atoms with Gasteiger partial charge in [-0.1, -0.05) is 12.1 Å². The number of aromatic amines is 1. The summed E-state index contributed by atoms with van der Waals surface area (Å²) in [7, 11) is 1.64. The molecule has 0 aliphatic carbocycles. The first kappa shape index (κ1) is 13.1. The molecule has 3 rings (SSSR count). The molecule has 20 heavy (non-hydrogen) atoms. The predicted molar refractivity (Wildman–Crippen MR) is 73.3 cm³/mol. The third-order valence-electron chi connectivity index (χ3n) is 3.51. The van der Waals surface area contributed by atoms with E-state index in [-0.39, 0.29) is 12.1 Å². The molecule has 2 atom stereocenters. The largest absolute Gasteiger partial charge is 0.497 e. The van der Waals surface area contributed by atoms with Crippen LogP contribution in [0, 0.1) is 0 Å². The quantitative estimate of drug-likeness (QED) is 0.886. The summed E-state index contributed by atoms with van der Waals surface area (Å²) in [5, 5.41) is 7.14. The lowest BCUT2D eigenvalue weighted by atomic mass is 10.1. The van der Waals surface area contributed by atoms with Crippen LogP contribution < -0.4 is 10.5 Å². The molecule has 1 fully saturated rings. The van der Waals surface area contributed by atoms with Crippen LogP contribution in [0.4, 0.5) is 0 Å². The third kappa shape index (κ3) is 2.52. The average Bonchev–Trinajstić information content (AvgIpc) is 3.17. The van der Waals surface area contributed by atoms with Crippen LogP contribution in [-0.2, 0) is 4.74 Å². The van der Waals surface area contributed by atoms with Crippen LogP contribution in [0.1, 0.15) is 42.2 Å². The van der Waals surface area contributed by atoms with Gasteiger partial charge in [0.2, 0.25) is 0 Å². The lowest BCUT2D eigenvalue weighted by molar-refractivity contribution is 0.105. The molecule has 1 aromatic heterocycles. The Morgan fingerprint density at radius 2 is 2.20 bits per heavy atom. The molecule has 0 saturated carbocycles. The fourth-order valence-corrected chi connectivity index (χ4v) is 2.32. The Hall–Kier alpha value is -1.92. The maximum absolute atomic E-state index is 6.19. The first-order valence-electron chi connectivity index (χ1n) is 6.71. The SMILES string of the molecule is COc1ccc([C@@H](N)c2n[nH]c([C@@H]3CCCO3)n2)cc1. The van der Waals surface area contributed by atoms with Crippen molar-refractivity contribution >= 4 is 0 Å². The Kier molecular flexibility index (Phi) is 3.66. The molecule has 1 saturated heterocycles. The van der Waals surface area contributed by atoms with Crippen molar-refractivity contribution in [3.63, 3.8) is 0 Å². The minimum absolute atomic E-state index is 0.0271. The van der Waals surface area contributed by atoms with Gasteiger partial charge in [-0.3, -0.25) is 5.10 Å². The summed E-state index contributed by atoms with van der Waals surface area (Å²) >= 11 is 0. The number of nitrogens with two attached hydrogens (primary N) is 1. The van der Waals surface area contributed by atoms with E-state index in [1.54, 1.807) is 7.11 Å². The van der Waals surface area contributed by atoms with Gasteiger partial charge in [-0.2, -0.15) is 5.10 Å². The minimum atomic E-state index is -0.354. The maximum Gasteiger partial charge on any atom is 0.171 e. The van der Waals surface area contributed by atoms with Crippen LogP contribution in [0.25, 0.3) is 0 Å². The molecule has 0 radical (unpaired) electrons. The number of H-pyrrole nitrogens is 1. The van der Waals surface area contributed by atoms with Gasteiger partial charge in [0.15, 0.2) is 11.6 Å². The fourth-order valence-electron chi connectivity index (χ4n) is 2.32. The highest BCUT2D eigenvalue weighted by molar-refractivity contribution is 5.31. The number of benzene rings is 1. The summed E-state index contributed by atoms with van der Waals surface area (Å²) in [6.07, 6.45) is 2.07. The summed E-state index contributed by atoms with van der Waals surface area (Å²) in [5.41, 5.74) is 7.14. The monoisotopic (exact) mass is 274 g/mol. The zero-order valence-electron chi connectivity index (χ0n) is 11.4. The third-order valence-corrected chi connectivity index (χ3v) is 3.51. The molecule has 0 bridgehead atoms. The van der Waals surface area contributed by atoms with E-state index < -0.39 is 0 Å². The average molecular weight is 274 g/mol. The first-order valence-corrected chi connectivity index (χ1v) is 6.71. The second kappa shape index (κ2) is 5.60. The molecule has 1 aliphatic heterocycles. The van der Waals surface area contributed by atoms with Crippen LogP contribution in [0.2, 0.25) is 0 Å². The Balaban J connectivity index is 1.77. The zero-order chi connectivity index (χ0) is 13.9. The molecule has 6 nitrogen and oxygen atoms in total. The number of nitrogens with one attached hydrogen (secondary N) is 1. The Labute approximate surface area is 117 Å². The molecule has 0 spiro atoms. The smallest absolute Gasteiger partial charge is 0.171 e. The molecule has 1 aromatic carbocycles. The topological polar surface area (TPSA) is 86.0 Å². The highest BCUT2D eigenvalue weighted by atomic mass is 16.5. The van der Waals surface area contributed by atoms with E-state index in [4.69, 9.17) is 15.2 Å². The van der Waals surface area contributed by atoms with Crippen molar-refractivity contribution in [1.29, 1.82) is 0 Å². The summed E-state index contributed by atoms with van der Waals surface area (Å²) in [5.74, 6) is 2.15. The lowest BCUT2D eigenvalue weighted by Crippen LogP contribution is -2.13. The van der Waals surface area contributed by atoms with E-state index in [1.807, 2.05) is 24.3 Å². The Bertz CT molecular complexity index is 561. The molecule has 0 amide bonds. The molecule has 3 N–H and O–H groups in total. The normalized spacial score (nSPS) is 20.0. The summed E-state index contributed by atoms with van der Waals surface area (Å²) in [4.78, 5) is 4.46. The van der Waals surface area contributed by atoms with Crippen molar-refractivity contribution < 1.29 is 9.47 Å². The molecule has 2 aromatic rings. The highest BCUT2D eigenvalue weighted by Crippen LogP contribution is 2.27. The van der Waals surface area contributed by atoms with E-state index in [0.29, 0.717) is 5.82 Å². The summed E-state index contributed by atoms with van der Waals surface area (Å²) < 4.78 is 10.7. The number of methoxy groups -OCH3 is 1. The second-order valence-corrected chi connectivity index (χ2v) is 4.83. The van der Waals surface area contributed by atoms with E-state index in [9.17, 15) is 0 Å². The number of ether oxygens (including phenoxy) is 2. The number of aromatic nitrogens is 3. The minimum Gasteiger partial charge on any atom is -0.497 e. The van der Waals surface area contributed by atoms with Crippen molar-refractivity contribution in [2.24, 2.45) is 5.73 Å². The standard InChI is InChI=1S/C14H18N4O2/c1-19-10-6-4-9(5-7-10)12(15)14-16-13(17-18-14)11-3-2-8-20-11/h4-7,11-12H,2-3,8,15H2,1H3,(H,16,17,18)/t11-,12+/m0/s1. The van der Waals surface area contributed by atoms with Crippen LogP contribution in [0.15, 0.2) is 24.3 Å². The van der Waals surface area contributed by atoms with Gasteiger partial charge >= 0.3 is 0 Å². The van der Waals surface area contributed by atoms with Crippen LogP contribution in [0.5, 0.6) is 5.75 Å². The van der Waals surface area contributed by atoms with Crippen molar-refractivity contribution in [2.75, 3.05) is 13.7 Å². The molecular weight excluding hydrogens is 256 g/mol. The first-order chi connectivity index (χ1) is 9.78. The van der Waals surface area contributed by atoms with E-state index in [0.717, 1.165) is 36.6 Å². The van der Waals surface area contributed by atoms with Gasteiger partial charge < -0.3 is 15.2 Å². The predicted octanol–water partition coefficient (Wildman–Crippen LogP) is 1.71. The number of rotatable bonds is 4. The molecule has 6 heteroatoms. The van der Waals surface area contributed by atoms with Gasteiger partial charge in [0.05, 0.1) is 13.2 Å². The molecule has 0 unspecified atom stereocenters. The Morgan fingerprint density at radius 3 is 2.85 bits per heavy atom. The number of nitrogens with zero attached hydrogens (tertiary/aromatic N) is 2. The van der Waals surface area contributed by atoms with E-state index in [1.165, 1.54) is 0 Å². The molecule has 1 aliphatic rings. The second-order valence-electron chi connectivity index (χ2n) is 4.83.